The fourth-order valence-electron chi connectivity index (χ4n) is 2.46. The van der Waals surface area contributed by atoms with Crippen molar-refractivity contribution in [3.05, 3.63) is 24.2 Å². The van der Waals surface area contributed by atoms with Gasteiger partial charge >= 0.3 is 6.18 Å². The predicted octanol–water partition coefficient (Wildman–Crippen LogP) is 1.76. The maximum Gasteiger partial charge on any atom is 0.434 e. The molecule has 0 unspecified atom stereocenters. The zero-order valence-electron chi connectivity index (χ0n) is 12.8. The van der Waals surface area contributed by atoms with Crippen molar-refractivity contribution >= 4 is 11.9 Å². The van der Waals surface area contributed by atoms with E-state index in [2.05, 4.69) is 19.9 Å². The SMILES string of the molecule is C[C@H]1COCCN1c1nccc(-c2cnc(N)nc2C(F)(F)F)n1. The number of aromatic nitrogens is 4. The zero-order chi connectivity index (χ0) is 17.3. The molecule has 0 radical (unpaired) electrons. The quantitative estimate of drug-likeness (QED) is 0.891. The van der Waals surface area contributed by atoms with Crippen LogP contribution < -0.4 is 10.6 Å². The van der Waals surface area contributed by atoms with Crippen molar-refractivity contribution in [2.75, 3.05) is 30.4 Å². The molecule has 1 aliphatic heterocycles. The number of halogens is 3. The minimum absolute atomic E-state index is 0.0266. The first-order chi connectivity index (χ1) is 11.4. The lowest BCUT2D eigenvalue weighted by atomic mass is 10.1. The zero-order valence-corrected chi connectivity index (χ0v) is 12.8. The molecule has 0 bridgehead atoms. The number of nitrogen functional groups attached to an aromatic ring is 1. The van der Waals surface area contributed by atoms with Gasteiger partial charge in [-0.1, -0.05) is 0 Å². The Labute approximate surface area is 135 Å². The maximum atomic E-state index is 13.2. The molecule has 1 aliphatic rings. The summed E-state index contributed by atoms with van der Waals surface area (Å²) in [5.74, 6) is -0.101. The van der Waals surface area contributed by atoms with Gasteiger partial charge in [-0.2, -0.15) is 13.2 Å². The number of hydrogen-bond donors (Lipinski definition) is 1. The van der Waals surface area contributed by atoms with Gasteiger partial charge in [-0.15, -0.1) is 0 Å². The molecule has 0 aliphatic carbocycles. The van der Waals surface area contributed by atoms with Gasteiger partial charge in [-0.25, -0.2) is 19.9 Å². The lowest BCUT2D eigenvalue weighted by molar-refractivity contribution is -0.140. The topological polar surface area (TPSA) is 90.0 Å². The number of nitrogens with two attached hydrogens (primary N) is 1. The van der Waals surface area contributed by atoms with E-state index < -0.39 is 17.8 Å². The van der Waals surface area contributed by atoms with Gasteiger partial charge in [0.2, 0.25) is 11.9 Å². The van der Waals surface area contributed by atoms with E-state index in [-0.39, 0.29) is 17.3 Å². The first-order valence-corrected chi connectivity index (χ1v) is 7.24. The van der Waals surface area contributed by atoms with Crippen LogP contribution in [0.1, 0.15) is 12.6 Å². The highest BCUT2D eigenvalue weighted by molar-refractivity contribution is 5.63. The van der Waals surface area contributed by atoms with Gasteiger partial charge in [0.05, 0.1) is 24.9 Å². The van der Waals surface area contributed by atoms with Crippen LogP contribution in [0.2, 0.25) is 0 Å². The predicted molar refractivity (Wildman–Crippen MR) is 80.1 cm³/mol. The van der Waals surface area contributed by atoms with Crippen LogP contribution in [0, 0.1) is 0 Å². The Hall–Kier alpha value is -2.49. The Balaban J connectivity index is 2.04. The summed E-state index contributed by atoms with van der Waals surface area (Å²) < 4.78 is 45.0. The highest BCUT2D eigenvalue weighted by atomic mass is 19.4. The molecule has 10 heteroatoms. The minimum atomic E-state index is -4.66. The van der Waals surface area contributed by atoms with Crippen molar-refractivity contribution in [2.24, 2.45) is 0 Å². The number of ether oxygens (including phenoxy) is 1. The second-order valence-electron chi connectivity index (χ2n) is 5.35. The Morgan fingerprint density at radius 1 is 1.29 bits per heavy atom. The van der Waals surface area contributed by atoms with Crippen molar-refractivity contribution in [2.45, 2.75) is 19.1 Å². The molecule has 0 spiro atoms. The molecule has 3 heterocycles. The van der Waals surface area contributed by atoms with Crippen LogP contribution in [-0.4, -0.2) is 45.7 Å². The smallest absolute Gasteiger partial charge is 0.377 e. The molecule has 128 valence electrons. The summed E-state index contributed by atoms with van der Waals surface area (Å²) in [6, 6.07) is 1.41. The Kier molecular flexibility index (Phi) is 4.22. The molecule has 2 aromatic heterocycles. The molecule has 1 saturated heterocycles. The maximum absolute atomic E-state index is 13.2. The van der Waals surface area contributed by atoms with E-state index in [4.69, 9.17) is 10.5 Å². The number of nitrogens with zero attached hydrogens (tertiary/aromatic N) is 5. The fraction of sp³-hybridized carbons (Fsp3) is 0.429. The van der Waals surface area contributed by atoms with E-state index >= 15 is 0 Å². The second kappa shape index (κ2) is 6.19. The highest BCUT2D eigenvalue weighted by Gasteiger charge is 2.37. The molecule has 0 saturated carbocycles. The van der Waals surface area contributed by atoms with Crippen molar-refractivity contribution in [1.82, 2.24) is 19.9 Å². The summed E-state index contributed by atoms with van der Waals surface area (Å²) in [6.45, 7) is 3.51. The number of morpholine rings is 1. The first kappa shape index (κ1) is 16.4. The molecule has 0 amide bonds. The van der Waals surface area contributed by atoms with E-state index in [1.54, 1.807) is 0 Å². The Morgan fingerprint density at radius 2 is 2.08 bits per heavy atom. The van der Waals surface area contributed by atoms with Crippen LogP contribution in [0.4, 0.5) is 25.1 Å². The average molecular weight is 340 g/mol. The monoisotopic (exact) mass is 340 g/mol. The third kappa shape index (κ3) is 3.23. The summed E-state index contributed by atoms with van der Waals surface area (Å²) in [5.41, 5.74) is 4.03. The number of anilines is 2. The van der Waals surface area contributed by atoms with E-state index in [1.165, 1.54) is 12.3 Å². The Bertz CT molecular complexity index is 739. The molecule has 2 aromatic rings. The van der Waals surface area contributed by atoms with Gasteiger partial charge in [0.1, 0.15) is 0 Å². The fourth-order valence-corrected chi connectivity index (χ4v) is 2.46. The standard InChI is InChI=1S/C14H15F3N6O/c1-8-7-24-5-4-23(8)13-19-3-2-10(21-13)9-6-20-12(18)22-11(9)14(15,16)17/h2-3,6,8H,4-5,7H2,1H3,(H2,18,20,22)/t8-/m0/s1. The first-order valence-electron chi connectivity index (χ1n) is 7.24. The molecule has 3 rings (SSSR count). The second-order valence-corrected chi connectivity index (χ2v) is 5.35. The minimum Gasteiger partial charge on any atom is -0.377 e. The molecule has 7 nitrogen and oxygen atoms in total. The third-order valence-electron chi connectivity index (χ3n) is 3.62. The van der Waals surface area contributed by atoms with Crippen LogP contribution in [-0.2, 0) is 10.9 Å². The lowest BCUT2D eigenvalue weighted by Gasteiger charge is -2.33. The van der Waals surface area contributed by atoms with Gasteiger partial charge in [0.25, 0.3) is 0 Å². The van der Waals surface area contributed by atoms with E-state index in [0.29, 0.717) is 25.7 Å². The number of alkyl halides is 3. The number of rotatable bonds is 2. The van der Waals surface area contributed by atoms with Crippen LogP contribution >= 0.6 is 0 Å². The van der Waals surface area contributed by atoms with Gasteiger partial charge in [-0.3, -0.25) is 0 Å². The van der Waals surface area contributed by atoms with E-state index in [9.17, 15) is 13.2 Å². The van der Waals surface area contributed by atoms with Gasteiger partial charge in [0.15, 0.2) is 5.69 Å². The van der Waals surface area contributed by atoms with Crippen molar-refractivity contribution in [3.8, 4) is 11.3 Å². The van der Waals surface area contributed by atoms with E-state index in [1.807, 2.05) is 11.8 Å². The molecular formula is C14H15F3N6O. The third-order valence-corrected chi connectivity index (χ3v) is 3.62. The van der Waals surface area contributed by atoms with Crippen LogP contribution in [0.3, 0.4) is 0 Å². The summed E-state index contributed by atoms with van der Waals surface area (Å²) in [7, 11) is 0. The average Bonchev–Trinajstić information content (AvgIpc) is 2.54. The van der Waals surface area contributed by atoms with E-state index in [0.717, 1.165) is 6.20 Å². The number of hydrogen-bond acceptors (Lipinski definition) is 7. The normalized spacial score (nSPS) is 18.7. The summed E-state index contributed by atoms with van der Waals surface area (Å²) >= 11 is 0. The summed E-state index contributed by atoms with van der Waals surface area (Å²) in [5, 5.41) is 0. The highest BCUT2D eigenvalue weighted by Crippen LogP contribution is 2.35. The molecule has 1 atom stereocenters. The summed E-state index contributed by atoms with van der Waals surface area (Å²) in [4.78, 5) is 17.3. The van der Waals surface area contributed by atoms with Crippen molar-refractivity contribution in [1.29, 1.82) is 0 Å². The Morgan fingerprint density at radius 3 is 2.79 bits per heavy atom. The summed E-state index contributed by atoms with van der Waals surface area (Å²) in [6.07, 6.45) is -2.22. The van der Waals surface area contributed by atoms with Crippen LogP contribution in [0.15, 0.2) is 18.5 Å². The molecule has 1 fully saturated rings. The largest absolute Gasteiger partial charge is 0.434 e. The molecule has 0 aromatic carbocycles. The van der Waals surface area contributed by atoms with Gasteiger partial charge < -0.3 is 15.4 Å². The van der Waals surface area contributed by atoms with Crippen LogP contribution in [0.25, 0.3) is 11.3 Å². The van der Waals surface area contributed by atoms with Crippen LogP contribution in [0.5, 0.6) is 0 Å². The van der Waals surface area contributed by atoms with Gasteiger partial charge in [0, 0.05) is 24.5 Å². The molecular weight excluding hydrogens is 325 g/mol. The van der Waals surface area contributed by atoms with Crippen molar-refractivity contribution in [3.63, 3.8) is 0 Å². The molecule has 2 N–H and O–H groups in total. The molecule has 24 heavy (non-hydrogen) atoms. The van der Waals surface area contributed by atoms with Gasteiger partial charge in [-0.05, 0) is 13.0 Å². The lowest BCUT2D eigenvalue weighted by Crippen LogP contribution is -2.44. The van der Waals surface area contributed by atoms with Crippen molar-refractivity contribution < 1.29 is 17.9 Å².